The minimum Gasteiger partial charge on any atom is -0.359 e. The number of hydrogen-bond donors (Lipinski definition) is 0. The van der Waals surface area contributed by atoms with E-state index in [2.05, 4.69) is 21.8 Å². The Balaban J connectivity index is 2.66. The summed E-state index contributed by atoms with van der Waals surface area (Å²) in [5, 5.41) is 2.31. The van der Waals surface area contributed by atoms with Crippen molar-refractivity contribution in [2.45, 2.75) is 6.92 Å². The number of thiophene rings is 1. The smallest absolute Gasteiger partial charge is 0.224 e. The van der Waals surface area contributed by atoms with Crippen molar-refractivity contribution in [3.8, 4) is 0 Å². The molecule has 0 aliphatic rings. The van der Waals surface area contributed by atoms with Gasteiger partial charge in [-0.3, -0.25) is 0 Å². The largest absolute Gasteiger partial charge is 0.359 e. The van der Waals surface area contributed by atoms with Crippen molar-refractivity contribution in [3.63, 3.8) is 0 Å². The van der Waals surface area contributed by atoms with Crippen molar-refractivity contribution >= 4 is 39.0 Å². The molecule has 0 fully saturated rings. The fourth-order valence-corrected chi connectivity index (χ4v) is 2.27. The lowest BCUT2D eigenvalue weighted by Gasteiger charge is -2.15. The van der Waals surface area contributed by atoms with Crippen LogP contribution in [0.1, 0.15) is 6.92 Å². The van der Waals surface area contributed by atoms with Crippen LogP contribution < -0.4 is 4.90 Å². The van der Waals surface area contributed by atoms with Gasteiger partial charge >= 0.3 is 0 Å². The lowest BCUT2D eigenvalue weighted by molar-refractivity contribution is 0.942. The summed E-state index contributed by atoms with van der Waals surface area (Å²) in [6.45, 7) is 2.98. The van der Waals surface area contributed by atoms with Crippen LogP contribution in [-0.4, -0.2) is 23.6 Å². The van der Waals surface area contributed by atoms with Gasteiger partial charge in [0.1, 0.15) is 0 Å². The van der Waals surface area contributed by atoms with Crippen molar-refractivity contribution in [2.24, 2.45) is 0 Å². The van der Waals surface area contributed by atoms with Gasteiger partial charge in [0.05, 0.1) is 10.2 Å². The molecule has 5 heteroatoms. The molecule has 14 heavy (non-hydrogen) atoms. The van der Waals surface area contributed by atoms with E-state index >= 15 is 0 Å². The molecule has 0 bridgehead atoms. The number of halogens is 1. The quantitative estimate of drug-likeness (QED) is 0.739. The van der Waals surface area contributed by atoms with Crippen molar-refractivity contribution in [1.29, 1.82) is 0 Å². The first-order valence-electron chi connectivity index (χ1n) is 4.34. The van der Waals surface area contributed by atoms with E-state index in [-0.39, 0.29) is 0 Å². The zero-order chi connectivity index (χ0) is 10.1. The highest BCUT2D eigenvalue weighted by atomic mass is 35.5. The minimum absolute atomic E-state index is 0.311. The first-order chi connectivity index (χ1) is 6.72. The number of aromatic nitrogens is 2. The van der Waals surface area contributed by atoms with E-state index in [9.17, 15) is 0 Å². The Hall–Kier alpha value is -0.870. The number of rotatable bonds is 2. The summed E-state index contributed by atoms with van der Waals surface area (Å²) in [5.74, 6) is 0.914. The van der Waals surface area contributed by atoms with Crippen molar-refractivity contribution < 1.29 is 0 Å². The summed E-state index contributed by atoms with van der Waals surface area (Å²) >= 11 is 7.48. The third-order valence-electron chi connectivity index (χ3n) is 2.09. The van der Waals surface area contributed by atoms with Gasteiger partial charge in [0, 0.05) is 13.6 Å². The molecule has 74 valence electrons. The van der Waals surface area contributed by atoms with Crippen LogP contribution in [0.3, 0.4) is 0 Å². The Bertz CT molecular complexity index is 454. The highest BCUT2D eigenvalue weighted by Crippen LogP contribution is 2.28. The Morgan fingerprint density at radius 2 is 2.29 bits per heavy atom. The third-order valence-corrected chi connectivity index (χ3v) is 3.16. The van der Waals surface area contributed by atoms with Crippen molar-refractivity contribution in [1.82, 2.24) is 9.97 Å². The summed E-state index contributed by atoms with van der Waals surface area (Å²) in [6, 6.07) is 1.96. The Morgan fingerprint density at radius 3 is 3.00 bits per heavy atom. The summed E-state index contributed by atoms with van der Waals surface area (Å²) in [6.07, 6.45) is 0. The number of anilines is 1. The van der Waals surface area contributed by atoms with Gasteiger partial charge in [0.25, 0.3) is 0 Å². The molecule has 0 unspecified atom stereocenters. The van der Waals surface area contributed by atoms with E-state index in [1.165, 1.54) is 0 Å². The van der Waals surface area contributed by atoms with Gasteiger partial charge in [-0.25, -0.2) is 4.98 Å². The SMILES string of the molecule is CCN(C)c1nc(Cl)nc2ccsc12. The molecule has 0 aliphatic carbocycles. The maximum Gasteiger partial charge on any atom is 0.224 e. The fraction of sp³-hybridized carbons (Fsp3) is 0.333. The Morgan fingerprint density at radius 1 is 1.50 bits per heavy atom. The first kappa shape index (κ1) is 9.68. The van der Waals surface area contributed by atoms with Crippen LogP contribution in [0.4, 0.5) is 5.82 Å². The summed E-state index contributed by atoms with van der Waals surface area (Å²) < 4.78 is 1.10. The second-order valence-electron chi connectivity index (χ2n) is 2.97. The van der Waals surface area contributed by atoms with E-state index in [0.29, 0.717) is 5.28 Å². The van der Waals surface area contributed by atoms with E-state index in [0.717, 1.165) is 22.6 Å². The average Bonchev–Trinajstić information content (AvgIpc) is 2.62. The molecule has 2 rings (SSSR count). The van der Waals surface area contributed by atoms with Crippen LogP contribution in [0.25, 0.3) is 10.2 Å². The minimum atomic E-state index is 0.311. The molecule has 0 N–H and O–H groups in total. The van der Waals surface area contributed by atoms with Crippen LogP contribution in [0.5, 0.6) is 0 Å². The van der Waals surface area contributed by atoms with E-state index < -0.39 is 0 Å². The summed E-state index contributed by atoms with van der Waals surface area (Å²) in [5.41, 5.74) is 0.922. The van der Waals surface area contributed by atoms with Crippen LogP contribution in [0, 0.1) is 0 Å². The van der Waals surface area contributed by atoms with Crippen LogP contribution >= 0.6 is 22.9 Å². The van der Waals surface area contributed by atoms with Crippen molar-refractivity contribution in [3.05, 3.63) is 16.7 Å². The lowest BCUT2D eigenvalue weighted by atomic mass is 10.4. The van der Waals surface area contributed by atoms with E-state index in [4.69, 9.17) is 11.6 Å². The Kier molecular flexibility index (Phi) is 2.56. The number of fused-ring (bicyclic) bond motifs is 1. The van der Waals surface area contributed by atoms with Gasteiger partial charge < -0.3 is 4.90 Å². The van der Waals surface area contributed by atoms with Gasteiger partial charge in [-0.05, 0) is 30.0 Å². The molecule has 0 spiro atoms. The van der Waals surface area contributed by atoms with Gasteiger partial charge in [-0.2, -0.15) is 4.98 Å². The standard InChI is InChI=1S/C9H10ClN3S/c1-3-13(2)8-7-6(4-5-14-7)11-9(10)12-8/h4-5H,3H2,1-2H3. The van der Waals surface area contributed by atoms with E-state index in [1.54, 1.807) is 11.3 Å². The van der Waals surface area contributed by atoms with Crippen LogP contribution in [0.2, 0.25) is 5.28 Å². The molecule has 0 aromatic carbocycles. The molecule has 0 saturated carbocycles. The number of hydrogen-bond acceptors (Lipinski definition) is 4. The summed E-state index contributed by atoms with van der Waals surface area (Å²) in [4.78, 5) is 10.4. The normalized spacial score (nSPS) is 10.8. The highest BCUT2D eigenvalue weighted by Gasteiger charge is 2.10. The first-order valence-corrected chi connectivity index (χ1v) is 5.60. The molecule has 0 aliphatic heterocycles. The van der Waals surface area contributed by atoms with Gasteiger partial charge in [0.2, 0.25) is 5.28 Å². The van der Waals surface area contributed by atoms with E-state index in [1.807, 2.05) is 18.5 Å². The average molecular weight is 228 g/mol. The topological polar surface area (TPSA) is 29.0 Å². The molecule has 0 amide bonds. The molecule has 3 nitrogen and oxygen atoms in total. The molecule has 2 aromatic rings. The molecule has 0 saturated heterocycles. The molecule has 0 radical (unpaired) electrons. The molecule has 2 aromatic heterocycles. The summed E-state index contributed by atoms with van der Waals surface area (Å²) in [7, 11) is 2.00. The predicted molar refractivity (Wildman–Crippen MR) is 61.4 cm³/mol. The fourth-order valence-electron chi connectivity index (χ4n) is 1.23. The number of nitrogens with zero attached hydrogens (tertiary/aromatic N) is 3. The Labute approximate surface area is 91.4 Å². The maximum atomic E-state index is 5.84. The van der Waals surface area contributed by atoms with Crippen LogP contribution in [0.15, 0.2) is 11.4 Å². The van der Waals surface area contributed by atoms with Crippen LogP contribution in [-0.2, 0) is 0 Å². The van der Waals surface area contributed by atoms with Crippen molar-refractivity contribution in [2.75, 3.05) is 18.5 Å². The van der Waals surface area contributed by atoms with Gasteiger partial charge in [0.15, 0.2) is 5.82 Å². The zero-order valence-corrected chi connectivity index (χ0v) is 9.56. The predicted octanol–water partition coefficient (Wildman–Crippen LogP) is 2.80. The second-order valence-corrected chi connectivity index (χ2v) is 4.22. The lowest BCUT2D eigenvalue weighted by Crippen LogP contribution is -2.17. The molecular formula is C9H10ClN3S. The van der Waals surface area contributed by atoms with Gasteiger partial charge in [-0.1, -0.05) is 0 Å². The molecule has 0 atom stereocenters. The zero-order valence-electron chi connectivity index (χ0n) is 7.99. The molecular weight excluding hydrogens is 218 g/mol. The highest BCUT2D eigenvalue weighted by molar-refractivity contribution is 7.17. The maximum absolute atomic E-state index is 5.84. The third kappa shape index (κ3) is 1.55. The molecule has 2 heterocycles. The van der Waals surface area contributed by atoms with Gasteiger partial charge in [-0.15, -0.1) is 11.3 Å². The second kappa shape index (κ2) is 3.71. The monoisotopic (exact) mass is 227 g/mol.